The van der Waals surface area contributed by atoms with Gasteiger partial charge in [0.25, 0.3) is 0 Å². The van der Waals surface area contributed by atoms with Crippen LogP contribution in [0, 0.1) is 0 Å². The first-order chi connectivity index (χ1) is 8.09. The minimum atomic E-state index is 0.323. The predicted octanol–water partition coefficient (Wildman–Crippen LogP) is 3.51. The van der Waals surface area contributed by atoms with Crippen molar-refractivity contribution in [2.24, 2.45) is 5.10 Å². The van der Waals surface area contributed by atoms with Crippen LogP contribution in [0.2, 0.25) is 15.1 Å². The lowest BCUT2D eigenvalue weighted by molar-refractivity contribution is 0.871. The Labute approximate surface area is 113 Å². The SMILES string of the molecule is CC(=Nn1cnnc1)c1ccc(Cl)c(Cl)c1Cl. The molecular formula is C10H7Cl3N4. The third kappa shape index (κ3) is 2.60. The van der Waals surface area contributed by atoms with Crippen LogP contribution in [0.25, 0.3) is 0 Å². The average Bonchev–Trinajstić information content (AvgIpc) is 2.78. The smallest absolute Gasteiger partial charge is 0.141 e. The number of rotatable bonds is 2. The number of hydrogen-bond donors (Lipinski definition) is 0. The Balaban J connectivity index is 2.45. The molecule has 1 heterocycles. The highest BCUT2D eigenvalue weighted by Gasteiger charge is 2.10. The van der Waals surface area contributed by atoms with E-state index in [0.29, 0.717) is 20.8 Å². The highest BCUT2D eigenvalue weighted by atomic mass is 35.5. The lowest BCUT2D eigenvalue weighted by Gasteiger charge is -2.06. The molecule has 0 aliphatic heterocycles. The Morgan fingerprint density at radius 1 is 1.12 bits per heavy atom. The Morgan fingerprint density at radius 3 is 2.41 bits per heavy atom. The van der Waals surface area contributed by atoms with Crippen LogP contribution in [0.1, 0.15) is 12.5 Å². The molecule has 2 aromatic rings. The summed E-state index contributed by atoms with van der Waals surface area (Å²) in [5, 5.41) is 12.7. The number of benzene rings is 1. The molecule has 0 bridgehead atoms. The second-order valence-corrected chi connectivity index (χ2v) is 4.41. The first-order valence-electron chi connectivity index (χ1n) is 4.63. The fourth-order valence-electron chi connectivity index (χ4n) is 1.28. The average molecular weight is 290 g/mol. The predicted molar refractivity (Wildman–Crippen MR) is 69.1 cm³/mol. The highest BCUT2D eigenvalue weighted by Crippen LogP contribution is 2.32. The fraction of sp³-hybridized carbons (Fsp3) is 0.100. The molecule has 0 atom stereocenters. The van der Waals surface area contributed by atoms with Crippen LogP contribution in [0.3, 0.4) is 0 Å². The van der Waals surface area contributed by atoms with Crippen molar-refractivity contribution < 1.29 is 0 Å². The zero-order valence-electron chi connectivity index (χ0n) is 8.73. The molecule has 0 aliphatic rings. The molecule has 4 nitrogen and oxygen atoms in total. The van der Waals surface area contributed by atoms with E-state index < -0.39 is 0 Å². The summed E-state index contributed by atoms with van der Waals surface area (Å²) in [6.45, 7) is 1.81. The van der Waals surface area contributed by atoms with Crippen molar-refractivity contribution in [1.82, 2.24) is 14.9 Å². The van der Waals surface area contributed by atoms with Gasteiger partial charge in [-0.3, -0.25) is 0 Å². The van der Waals surface area contributed by atoms with Gasteiger partial charge in [-0.05, 0) is 13.0 Å². The summed E-state index contributed by atoms with van der Waals surface area (Å²) < 4.78 is 1.48. The molecule has 0 unspecified atom stereocenters. The second kappa shape index (κ2) is 5.04. The lowest BCUT2D eigenvalue weighted by atomic mass is 10.1. The van der Waals surface area contributed by atoms with Gasteiger partial charge in [0.1, 0.15) is 12.7 Å². The zero-order chi connectivity index (χ0) is 12.4. The third-order valence-corrected chi connectivity index (χ3v) is 3.39. The first kappa shape index (κ1) is 12.4. The number of halogens is 3. The van der Waals surface area contributed by atoms with Gasteiger partial charge in [-0.1, -0.05) is 40.9 Å². The van der Waals surface area contributed by atoms with Gasteiger partial charge >= 0.3 is 0 Å². The monoisotopic (exact) mass is 288 g/mol. The minimum absolute atomic E-state index is 0.323. The summed E-state index contributed by atoms with van der Waals surface area (Å²) in [5.41, 5.74) is 1.41. The van der Waals surface area contributed by atoms with Crippen LogP contribution in [0.15, 0.2) is 29.9 Å². The van der Waals surface area contributed by atoms with E-state index in [1.807, 2.05) is 6.92 Å². The molecule has 0 spiro atoms. The zero-order valence-corrected chi connectivity index (χ0v) is 11.0. The van der Waals surface area contributed by atoms with Crippen molar-refractivity contribution in [2.75, 3.05) is 0 Å². The molecule has 0 saturated carbocycles. The van der Waals surface area contributed by atoms with E-state index in [2.05, 4.69) is 15.3 Å². The quantitative estimate of drug-likeness (QED) is 0.627. The molecular weight excluding hydrogens is 282 g/mol. The standard InChI is InChI=1S/C10H7Cl3N4/c1-6(16-17-4-14-15-5-17)7-2-3-8(11)10(13)9(7)12/h2-5H,1H3. The Bertz CT molecular complexity index is 563. The van der Waals surface area contributed by atoms with Crippen LogP contribution < -0.4 is 0 Å². The van der Waals surface area contributed by atoms with Crippen LogP contribution in [0.4, 0.5) is 0 Å². The van der Waals surface area contributed by atoms with Crippen LogP contribution in [0.5, 0.6) is 0 Å². The molecule has 0 N–H and O–H groups in total. The van der Waals surface area contributed by atoms with Crippen molar-refractivity contribution >= 4 is 40.5 Å². The summed E-state index contributed by atoms with van der Waals surface area (Å²) in [5.74, 6) is 0. The van der Waals surface area contributed by atoms with Crippen molar-refractivity contribution in [3.63, 3.8) is 0 Å². The van der Waals surface area contributed by atoms with Crippen LogP contribution >= 0.6 is 34.8 Å². The lowest BCUT2D eigenvalue weighted by Crippen LogP contribution is -2.00. The topological polar surface area (TPSA) is 43.1 Å². The van der Waals surface area contributed by atoms with E-state index in [4.69, 9.17) is 34.8 Å². The molecule has 7 heteroatoms. The number of aromatic nitrogens is 3. The molecule has 17 heavy (non-hydrogen) atoms. The first-order valence-corrected chi connectivity index (χ1v) is 5.77. The van der Waals surface area contributed by atoms with E-state index in [-0.39, 0.29) is 0 Å². The minimum Gasteiger partial charge on any atom is -0.207 e. The second-order valence-electron chi connectivity index (χ2n) is 3.25. The Kier molecular flexibility index (Phi) is 3.66. The summed E-state index contributed by atoms with van der Waals surface area (Å²) in [6, 6.07) is 3.44. The molecule has 0 radical (unpaired) electrons. The Morgan fingerprint density at radius 2 is 1.76 bits per heavy atom. The van der Waals surface area contributed by atoms with Gasteiger partial charge in [0.05, 0.1) is 20.8 Å². The molecule has 1 aromatic heterocycles. The van der Waals surface area contributed by atoms with E-state index in [9.17, 15) is 0 Å². The normalized spacial score (nSPS) is 11.9. The maximum absolute atomic E-state index is 6.10. The molecule has 0 saturated heterocycles. The van der Waals surface area contributed by atoms with E-state index >= 15 is 0 Å². The molecule has 88 valence electrons. The van der Waals surface area contributed by atoms with Gasteiger partial charge in [0.15, 0.2) is 0 Å². The van der Waals surface area contributed by atoms with Crippen molar-refractivity contribution in [3.05, 3.63) is 45.4 Å². The molecule has 0 amide bonds. The van der Waals surface area contributed by atoms with E-state index in [0.717, 1.165) is 5.56 Å². The highest BCUT2D eigenvalue weighted by molar-refractivity contribution is 6.49. The van der Waals surface area contributed by atoms with Crippen molar-refractivity contribution in [1.29, 1.82) is 0 Å². The van der Waals surface area contributed by atoms with Gasteiger partial charge in [0.2, 0.25) is 0 Å². The largest absolute Gasteiger partial charge is 0.207 e. The van der Waals surface area contributed by atoms with Gasteiger partial charge in [-0.25, -0.2) is 4.68 Å². The summed E-state index contributed by atoms with van der Waals surface area (Å²) in [7, 11) is 0. The Hall–Kier alpha value is -1.10. The van der Waals surface area contributed by atoms with E-state index in [1.54, 1.807) is 12.1 Å². The fourth-order valence-corrected chi connectivity index (χ4v) is 1.95. The summed E-state index contributed by atoms with van der Waals surface area (Å²) >= 11 is 17.9. The molecule has 2 rings (SSSR count). The summed E-state index contributed by atoms with van der Waals surface area (Å²) in [6.07, 6.45) is 2.96. The van der Waals surface area contributed by atoms with Gasteiger partial charge < -0.3 is 0 Å². The number of nitrogens with zero attached hydrogens (tertiary/aromatic N) is 4. The van der Waals surface area contributed by atoms with Crippen LogP contribution in [-0.4, -0.2) is 20.6 Å². The molecule has 0 aliphatic carbocycles. The van der Waals surface area contributed by atoms with Crippen molar-refractivity contribution in [2.45, 2.75) is 6.92 Å². The maximum Gasteiger partial charge on any atom is 0.141 e. The maximum atomic E-state index is 6.10. The molecule has 0 fully saturated rings. The third-order valence-electron chi connectivity index (χ3n) is 2.10. The summed E-state index contributed by atoms with van der Waals surface area (Å²) in [4.78, 5) is 0. The molecule has 1 aromatic carbocycles. The van der Waals surface area contributed by atoms with Crippen LogP contribution in [-0.2, 0) is 0 Å². The number of hydrogen-bond acceptors (Lipinski definition) is 3. The van der Waals surface area contributed by atoms with Gasteiger partial charge in [-0.15, -0.1) is 10.2 Å². The van der Waals surface area contributed by atoms with E-state index in [1.165, 1.54) is 17.3 Å². The van der Waals surface area contributed by atoms with Gasteiger partial charge in [0, 0.05) is 5.56 Å². The van der Waals surface area contributed by atoms with Gasteiger partial charge in [-0.2, -0.15) is 5.10 Å². The van der Waals surface area contributed by atoms with Crippen molar-refractivity contribution in [3.8, 4) is 0 Å².